The molecule has 1 spiro atoms. The molecule has 0 aliphatic carbocycles. The van der Waals surface area contributed by atoms with Crippen LogP contribution in [0.2, 0.25) is 0 Å². The molecule has 0 saturated heterocycles. The molecule has 0 bridgehead atoms. The summed E-state index contributed by atoms with van der Waals surface area (Å²) in [6, 6.07) is 82.2. The third-order valence-corrected chi connectivity index (χ3v) is 18.9. The second-order valence-corrected chi connectivity index (χ2v) is 20.8. The van der Waals surface area contributed by atoms with Crippen molar-refractivity contribution < 1.29 is 4.21 Å². The van der Waals surface area contributed by atoms with Crippen LogP contribution in [0.4, 0.5) is 0 Å². The molecule has 0 atom stereocenters. The molecule has 0 N–H and O–H groups in total. The van der Waals surface area contributed by atoms with Crippen molar-refractivity contribution >= 4 is 52.7 Å². The van der Waals surface area contributed by atoms with Crippen molar-refractivity contribution in [3.63, 3.8) is 0 Å². The molecule has 0 radical (unpaired) electrons. The lowest BCUT2D eigenvalue weighted by atomic mass is 9.99. The second kappa shape index (κ2) is 12.8. The fourth-order valence-electron chi connectivity index (χ4n) is 11.3. The lowest BCUT2D eigenvalue weighted by Crippen LogP contribution is -2.30. The Morgan fingerprint density at radius 3 is 0.938 bits per heavy atom. The lowest BCUT2D eigenvalue weighted by Gasteiger charge is -2.38. The molecule has 0 fully saturated rings. The predicted molar refractivity (Wildman–Crippen MR) is 265 cm³/mol. The number of para-hydroxylation sites is 4. The minimum atomic E-state index is -4.01. The molecule has 12 aromatic rings. The van der Waals surface area contributed by atoms with Gasteiger partial charge < -0.3 is 9.13 Å². The molecular formula is C60H38N2OS. The van der Waals surface area contributed by atoms with Crippen LogP contribution >= 0.6 is 0 Å². The first kappa shape index (κ1) is 35.5. The first-order valence-corrected chi connectivity index (χ1v) is 23.9. The van der Waals surface area contributed by atoms with Crippen molar-refractivity contribution in [3.05, 3.63) is 231 Å². The highest BCUT2D eigenvalue weighted by atomic mass is 32.3. The van der Waals surface area contributed by atoms with Crippen LogP contribution < -0.4 is 0 Å². The van der Waals surface area contributed by atoms with Gasteiger partial charge in [0.1, 0.15) is 0 Å². The highest BCUT2D eigenvalue weighted by Crippen LogP contribution is 2.71. The van der Waals surface area contributed by atoms with Crippen LogP contribution in [-0.4, -0.2) is 13.3 Å². The summed E-state index contributed by atoms with van der Waals surface area (Å²) in [5.74, 6) is 0. The van der Waals surface area contributed by atoms with E-state index < -0.39 is 9.07 Å². The van der Waals surface area contributed by atoms with Crippen molar-refractivity contribution in [2.75, 3.05) is 0 Å². The van der Waals surface area contributed by atoms with Gasteiger partial charge in [0, 0.05) is 61.6 Å². The zero-order chi connectivity index (χ0) is 42.2. The maximum absolute atomic E-state index is 17.3. The van der Waals surface area contributed by atoms with E-state index in [0.717, 1.165) is 75.5 Å². The lowest BCUT2D eigenvalue weighted by molar-refractivity contribution is 0.658. The standard InChI is InChI=1S/C60H38N2OS/c63-64(57-23-11-5-17-49(57)51-37-41(29-35-59(51)64)39-25-31-43(32-26-39)61-53-19-7-1-13-45(53)46-14-2-8-20-54(46)61)58-24-12-6-18-50(58)52-38-42(30-36-60(52)64)40-27-33-44(34-28-40)62-55-21-9-3-15-47(55)48-16-4-10-22-56(48)62/h1-38H. The van der Waals surface area contributed by atoms with Crippen LogP contribution in [0.25, 0.3) is 99.5 Å². The number of benzene rings is 10. The summed E-state index contributed by atoms with van der Waals surface area (Å²) in [6.45, 7) is 0. The van der Waals surface area contributed by atoms with E-state index in [1.54, 1.807) is 0 Å². The molecule has 0 amide bonds. The normalized spacial score (nSPS) is 14.7. The van der Waals surface area contributed by atoms with Gasteiger partial charge in [-0.1, -0.05) is 146 Å². The van der Waals surface area contributed by atoms with E-state index in [1.165, 1.54) is 43.6 Å². The Morgan fingerprint density at radius 1 is 0.266 bits per heavy atom. The SMILES string of the molecule is O=S12(c3ccccc3-c3cc(-c4ccc(-n5c6ccccc6c6ccccc65)cc4)ccc31)c1ccccc1-c1cc(-c3ccc(-n4c5ccccc5c5ccccc54)cc3)ccc12. The Morgan fingerprint density at radius 2 is 0.562 bits per heavy atom. The van der Waals surface area contributed by atoms with Crippen molar-refractivity contribution in [2.45, 2.75) is 19.6 Å². The van der Waals surface area contributed by atoms with Crippen LogP contribution in [0.1, 0.15) is 0 Å². The van der Waals surface area contributed by atoms with E-state index in [1.807, 2.05) is 12.1 Å². The Kier molecular flexibility index (Phi) is 7.09. The van der Waals surface area contributed by atoms with Gasteiger partial charge in [0.05, 0.1) is 22.1 Å². The second-order valence-electron chi connectivity index (χ2n) is 17.2. The topological polar surface area (TPSA) is 26.9 Å². The van der Waals surface area contributed by atoms with Gasteiger partial charge >= 0.3 is 0 Å². The quantitative estimate of drug-likeness (QED) is 0.173. The van der Waals surface area contributed by atoms with Gasteiger partial charge in [0.2, 0.25) is 0 Å². The van der Waals surface area contributed by atoms with E-state index in [4.69, 9.17) is 0 Å². The zero-order valence-corrected chi connectivity index (χ0v) is 35.5. The van der Waals surface area contributed by atoms with Crippen LogP contribution in [-0.2, 0) is 9.07 Å². The summed E-state index contributed by atoms with van der Waals surface area (Å²) in [5, 5.41) is 5.00. The Labute approximate surface area is 370 Å². The summed E-state index contributed by atoms with van der Waals surface area (Å²) >= 11 is 0. The number of hydrogen-bond acceptors (Lipinski definition) is 1. The van der Waals surface area contributed by atoms with Gasteiger partial charge in [0.25, 0.3) is 0 Å². The molecule has 14 rings (SSSR count). The van der Waals surface area contributed by atoms with Gasteiger partial charge in [-0.05, 0) is 129 Å². The number of rotatable bonds is 4. The molecular weight excluding hydrogens is 797 g/mol. The minimum absolute atomic E-state index is 0.887. The molecule has 4 heteroatoms. The first-order valence-electron chi connectivity index (χ1n) is 21.9. The summed E-state index contributed by atoms with van der Waals surface area (Å²) in [6.07, 6.45) is 0. The number of hydrogen-bond donors (Lipinski definition) is 0. The average Bonchev–Trinajstić information content (AvgIpc) is 4.03. The Balaban J connectivity index is 0.888. The molecule has 2 aliphatic heterocycles. The molecule has 3 nitrogen and oxygen atoms in total. The molecule has 300 valence electrons. The maximum atomic E-state index is 17.3. The summed E-state index contributed by atoms with van der Waals surface area (Å²) < 4.78 is 22.1. The van der Waals surface area contributed by atoms with Crippen molar-refractivity contribution in [3.8, 4) is 55.9 Å². The van der Waals surface area contributed by atoms with Gasteiger partial charge in [-0.15, -0.1) is 0 Å². The fraction of sp³-hybridized carbons (Fsp3) is 0. The number of nitrogens with zero attached hydrogens (tertiary/aromatic N) is 2. The Bertz CT molecular complexity index is 3650. The van der Waals surface area contributed by atoms with Crippen molar-refractivity contribution in [2.24, 2.45) is 0 Å². The third kappa shape index (κ3) is 4.47. The molecule has 10 aromatic carbocycles. The molecule has 64 heavy (non-hydrogen) atoms. The largest absolute Gasteiger partial charge is 0.309 e. The fourth-order valence-corrected chi connectivity index (χ4v) is 16.4. The summed E-state index contributed by atoms with van der Waals surface area (Å²) in [7, 11) is -4.01. The molecule has 2 aliphatic rings. The predicted octanol–water partition coefficient (Wildman–Crippen LogP) is 15.5. The average molecular weight is 835 g/mol. The van der Waals surface area contributed by atoms with Crippen LogP contribution in [0.5, 0.6) is 0 Å². The smallest absolute Gasteiger partial charge is 0.0541 e. The number of fused-ring (bicyclic) bond motifs is 16. The highest BCUT2D eigenvalue weighted by Gasteiger charge is 2.57. The molecule has 0 saturated carbocycles. The first-order chi connectivity index (χ1) is 31.6. The zero-order valence-electron chi connectivity index (χ0n) is 34.7. The molecule has 0 unspecified atom stereocenters. The Hall–Kier alpha value is -8.05. The van der Waals surface area contributed by atoms with Crippen LogP contribution in [0.15, 0.2) is 250 Å². The third-order valence-electron chi connectivity index (χ3n) is 14.1. The van der Waals surface area contributed by atoms with Gasteiger partial charge in [-0.25, -0.2) is 0 Å². The minimum Gasteiger partial charge on any atom is -0.309 e. The van der Waals surface area contributed by atoms with Crippen LogP contribution in [0.3, 0.4) is 0 Å². The van der Waals surface area contributed by atoms with Crippen LogP contribution in [0, 0.1) is 0 Å². The van der Waals surface area contributed by atoms with E-state index in [9.17, 15) is 0 Å². The summed E-state index contributed by atoms with van der Waals surface area (Å²) in [5.41, 5.74) is 15.6. The number of aromatic nitrogens is 2. The van der Waals surface area contributed by atoms with Crippen molar-refractivity contribution in [1.29, 1.82) is 0 Å². The van der Waals surface area contributed by atoms with E-state index in [-0.39, 0.29) is 0 Å². The van der Waals surface area contributed by atoms with Gasteiger partial charge in [0.15, 0.2) is 0 Å². The molecule has 4 heterocycles. The van der Waals surface area contributed by atoms with E-state index >= 15 is 4.21 Å². The van der Waals surface area contributed by atoms with Crippen molar-refractivity contribution in [1.82, 2.24) is 9.13 Å². The highest BCUT2D eigenvalue weighted by molar-refractivity contribution is 8.21. The molecule has 2 aromatic heterocycles. The summed E-state index contributed by atoms with van der Waals surface area (Å²) in [4.78, 5) is 3.56. The van der Waals surface area contributed by atoms with E-state index in [2.05, 4.69) is 228 Å². The monoisotopic (exact) mass is 834 g/mol. The van der Waals surface area contributed by atoms with Gasteiger partial charge in [-0.2, -0.15) is 0 Å². The van der Waals surface area contributed by atoms with E-state index in [0.29, 0.717) is 0 Å². The van der Waals surface area contributed by atoms with Gasteiger partial charge in [-0.3, -0.25) is 4.21 Å². The maximum Gasteiger partial charge on any atom is 0.0541 e.